The number of imidazole rings is 1. The van der Waals surface area contributed by atoms with E-state index in [1.807, 2.05) is 29.7 Å². The average Bonchev–Trinajstić information content (AvgIpc) is 3.02. The topological polar surface area (TPSA) is 75.9 Å². The number of fused-ring (bicyclic) bond motifs is 1. The zero-order valence-electron chi connectivity index (χ0n) is 17.2. The number of carbonyl (C=O) groups is 2. The number of carbonyl (C=O) groups excluding carboxylic acids is 2. The molecule has 2 heterocycles. The van der Waals surface area contributed by atoms with Crippen LogP contribution < -0.4 is 15.0 Å². The number of ether oxygens (including phenoxy) is 1. The lowest BCUT2D eigenvalue weighted by atomic mass is 10.2. The van der Waals surface area contributed by atoms with Crippen molar-refractivity contribution in [1.82, 2.24) is 14.7 Å². The Labute approximate surface area is 198 Å². The maximum atomic E-state index is 12.5. The second-order valence-electron chi connectivity index (χ2n) is 6.89. The van der Waals surface area contributed by atoms with Crippen molar-refractivity contribution in [1.29, 1.82) is 0 Å². The summed E-state index contributed by atoms with van der Waals surface area (Å²) < 4.78 is 8.73. The van der Waals surface area contributed by atoms with Gasteiger partial charge in [-0.05, 0) is 47.1 Å². The van der Waals surface area contributed by atoms with Crippen LogP contribution in [0.3, 0.4) is 0 Å². The van der Waals surface area contributed by atoms with E-state index < -0.39 is 0 Å². The first-order valence-electron chi connectivity index (χ1n) is 9.44. The third kappa shape index (κ3) is 5.14. The molecule has 7 nitrogen and oxygen atoms in total. The van der Waals surface area contributed by atoms with Crippen LogP contribution in [0.1, 0.15) is 24.6 Å². The average molecular weight is 528 g/mol. The van der Waals surface area contributed by atoms with Crippen molar-refractivity contribution in [2.24, 2.45) is 0 Å². The maximum absolute atomic E-state index is 12.5. The number of benzene rings is 1. The molecule has 2 amide bonds. The van der Waals surface area contributed by atoms with Crippen molar-refractivity contribution in [2.75, 3.05) is 18.5 Å². The quantitative estimate of drug-likeness (QED) is 0.479. The van der Waals surface area contributed by atoms with Crippen molar-refractivity contribution in [2.45, 2.75) is 26.9 Å². The van der Waals surface area contributed by atoms with Gasteiger partial charge in [0.15, 0.2) is 11.4 Å². The minimum absolute atomic E-state index is 0.0998. The number of hydrogen-bond donors (Lipinski definition) is 1. The highest BCUT2D eigenvalue weighted by molar-refractivity contribution is 9.10. The summed E-state index contributed by atoms with van der Waals surface area (Å²) in [4.78, 5) is 29.4. The summed E-state index contributed by atoms with van der Waals surface area (Å²) in [5.41, 5.74) is 2.58. The number of aromatic nitrogens is 2. The van der Waals surface area contributed by atoms with E-state index >= 15 is 0 Å². The number of nitrogens with zero attached hydrogens (tertiary/aromatic N) is 3. The maximum Gasteiger partial charge on any atom is 0.228 e. The molecule has 0 fully saturated rings. The number of nitrogens with one attached hydrogen (secondary N) is 1. The monoisotopic (exact) mass is 526 g/mol. The second-order valence-corrected chi connectivity index (χ2v) is 8.42. The van der Waals surface area contributed by atoms with Gasteiger partial charge in [-0.25, -0.2) is 4.98 Å². The first-order valence-corrected chi connectivity index (χ1v) is 11.0. The number of anilines is 1. The van der Waals surface area contributed by atoms with Gasteiger partial charge in [0.1, 0.15) is 11.2 Å². The summed E-state index contributed by atoms with van der Waals surface area (Å²) in [6.45, 7) is 3.66. The summed E-state index contributed by atoms with van der Waals surface area (Å²) in [6.07, 6.45) is 2.03. The normalized spacial score (nSPS) is 10.9. The van der Waals surface area contributed by atoms with Crippen molar-refractivity contribution in [3.05, 3.63) is 56.4 Å². The highest BCUT2D eigenvalue weighted by Crippen LogP contribution is 2.35. The van der Waals surface area contributed by atoms with E-state index in [2.05, 4.69) is 26.2 Å². The molecular formula is C21H21BrCl2N4O3. The molecule has 0 bridgehead atoms. The van der Waals surface area contributed by atoms with Crippen LogP contribution in [0, 0.1) is 6.92 Å². The van der Waals surface area contributed by atoms with E-state index in [0.717, 1.165) is 10.3 Å². The Morgan fingerprint density at radius 2 is 2.03 bits per heavy atom. The van der Waals surface area contributed by atoms with Crippen LogP contribution in [-0.2, 0) is 16.2 Å². The van der Waals surface area contributed by atoms with Crippen molar-refractivity contribution in [3.63, 3.8) is 0 Å². The fourth-order valence-corrected chi connectivity index (χ4v) is 4.00. The van der Waals surface area contributed by atoms with Crippen molar-refractivity contribution >= 4 is 62.3 Å². The SMILES string of the molecule is CC(=O)NCCC(=O)N(C)c1ccc(Cl)c(COc2cccn3c(Br)c(C)nc23)c1Cl. The Bertz CT molecular complexity index is 1150. The van der Waals surface area contributed by atoms with Crippen LogP contribution in [-0.4, -0.2) is 34.8 Å². The number of amides is 2. The molecule has 0 unspecified atom stereocenters. The molecule has 1 N–H and O–H groups in total. The van der Waals surface area contributed by atoms with E-state index in [-0.39, 0.29) is 31.4 Å². The van der Waals surface area contributed by atoms with Crippen LogP contribution in [0.5, 0.6) is 5.75 Å². The van der Waals surface area contributed by atoms with E-state index in [1.165, 1.54) is 11.8 Å². The van der Waals surface area contributed by atoms with Gasteiger partial charge in [-0.15, -0.1) is 0 Å². The Kier molecular flexibility index (Phi) is 7.46. The molecule has 0 atom stereocenters. The summed E-state index contributed by atoms with van der Waals surface area (Å²) in [7, 11) is 1.63. The van der Waals surface area contributed by atoms with Gasteiger partial charge in [-0.3, -0.25) is 14.0 Å². The van der Waals surface area contributed by atoms with Crippen LogP contribution >= 0.6 is 39.1 Å². The third-order valence-corrected chi connectivity index (χ3v) is 6.43. The van der Waals surface area contributed by atoms with Gasteiger partial charge in [0.25, 0.3) is 0 Å². The number of rotatable bonds is 7. The Balaban J connectivity index is 1.81. The first-order chi connectivity index (χ1) is 14.7. The van der Waals surface area contributed by atoms with Crippen molar-refractivity contribution in [3.8, 4) is 5.75 Å². The molecule has 0 aliphatic carbocycles. The minimum Gasteiger partial charge on any atom is -0.485 e. The lowest BCUT2D eigenvalue weighted by Crippen LogP contribution is -2.31. The van der Waals surface area contributed by atoms with E-state index in [4.69, 9.17) is 27.9 Å². The van der Waals surface area contributed by atoms with Gasteiger partial charge in [0.2, 0.25) is 11.8 Å². The fraction of sp³-hybridized carbons (Fsp3) is 0.286. The zero-order chi connectivity index (χ0) is 22.7. The summed E-state index contributed by atoms with van der Waals surface area (Å²) in [6, 6.07) is 7.03. The third-order valence-electron chi connectivity index (χ3n) is 4.70. The fourth-order valence-electron chi connectivity index (χ4n) is 3.01. The molecule has 1 aromatic carbocycles. The van der Waals surface area contributed by atoms with Gasteiger partial charge in [0.05, 0.1) is 16.4 Å². The molecule has 0 aliphatic rings. The molecular weight excluding hydrogens is 507 g/mol. The largest absolute Gasteiger partial charge is 0.485 e. The summed E-state index contributed by atoms with van der Waals surface area (Å²) in [5, 5.41) is 3.36. The molecule has 3 aromatic rings. The highest BCUT2D eigenvalue weighted by atomic mass is 79.9. The van der Waals surface area contributed by atoms with Gasteiger partial charge < -0.3 is 15.0 Å². The van der Waals surface area contributed by atoms with Gasteiger partial charge >= 0.3 is 0 Å². The zero-order valence-corrected chi connectivity index (χ0v) is 20.3. The number of pyridine rings is 1. The summed E-state index contributed by atoms with van der Waals surface area (Å²) in [5.74, 6) is 0.204. The lowest BCUT2D eigenvalue weighted by Gasteiger charge is -2.21. The second kappa shape index (κ2) is 9.89. The smallest absolute Gasteiger partial charge is 0.228 e. The molecule has 0 spiro atoms. The molecule has 3 rings (SSSR count). The van der Waals surface area contributed by atoms with Crippen molar-refractivity contribution < 1.29 is 14.3 Å². The van der Waals surface area contributed by atoms with E-state index in [0.29, 0.717) is 32.7 Å². The van der Waals surface area contributed by atoms with Crippen LogP contribution in [0.15, 0.2) is 35.1 Å². The molecule has 164 valence electrons. The highest BCUT2D eigenvalue weighted by Gasteiger charge is 2.19. The molecule has 2 aromatic heterocycles. The molecule has 0 saturated heterocycles. The Morgan fingerprint density at radius 3 is 2.74 bits per heavy atom. The molecule has 0 saturated carbocycles. The summed E-state index contributed by atoms with van der Waals surface area (Å²) >= 11 is 16.5. The Morgan fingerprint density at radius 1 is 1.29 bits per heavy atom. The van der Waals surface area contributed by atoms with Crippen LogP contribution in [0.2, 0.25) is 10.0 Å². The standard InChI is InChI=1S/C21H21BrCl2N4O3/c1-12-20(22)28-10-4-5-17(21(28)26-12)31-11-14-15(23)6-7-16(19(14)24)27(3)18(30)8-9-25-13(2)29/h4-7,10H,8-9,11H2,1-3H3,(H,25,29). The van der Waals surface area contributed by atoms with Crippen LogP contribution in [0.25, 0.3) is 5.65 Å². The van der Waals surface area contributed by atoms with Gasteiger partial charge in [-0.2, -0.15) is 0 Å². The molecule has 31 heavy (non-hydrogen) atoms. The first kappa shape index (κ1) is 23.4. The van der Waals surface area contributed by atoms with Gasteiger partial charge in [-0.1, -0.05) is 23.2 Å². The molecule has 0 aliphatic heterocycles. The Hall–Kier alpha value is -2.29. The number of aryl methyl sites for hydroxylation is 1. The predicted octanol–water partition coefficient (Wildman–Crippen LogP) is 4.78. The molecule has 0 radical (unpaired) electrons. The predicted molar refractivity (Wildman–Crippen MR) is 125 cm³/mol. The van der Waals surface area contributed by atoms with Crippen LogP contribution in [0.4, 0.5) is 5.69 Å². The lowest BCUT2D eigenvalue weighted by molar-refractivity contribution is -0.119. The van der Waals surface area contributed by atoms with E-state index in [1.54, 1.807) is 19.2 Å². The van der Waals surface area contributed by atoms with E-state index in [9.17, 15) is 9.59 Å². The van der Waals surface area contributed by atoms with Gasteiger partial charge in [0, 0.05) is 43.7 Å². The minimum atomic E-state index is -0.188. The molecule has 10 heteroatoms. The number of hydrogen-bond acceptors (Lipinski definition) is 4. The number of halogens is 3.